The van der Waals surface area contributed by atoms with Crippen molar-refractivity contribution in [3.63, 3.8) is 0 Å². The summed E-state index contributed by atoms with van der Waals surface area (Å²) in [6.45, 7) is -6.35. The highest BCUT2D eigenvalue weighted by Crippen LogP contribution is 2.04. The fourth-order valence-electron chi connectivity index (χ4n) is 0.345. The van der Waals surface area contributed by atoms with Gasteiger partial charge in [-0.3, -0.25) is 0 Å². The summed E-state index contributed by atoms with van der Waals surface area (Å²) in [5, 5.41) is 0. The van der Waals surface area contributed by atoms with Crippen LogP contribution in [0.4, 0.5) is 0 Å². The lowest BCUT2D eigenvalue weighted by atomic mass is 10.5. The van der Waals surface area contributed by atoms with E-state index in [1.54, 1.807) is 0 Å². The van der Waals surface area contributed by atoms with Gasteiger partial charge >= 0.3 is 0 Å². The van der Waals surface area contributed by atoms with E-state index in [1.165, 1.54) is 0 Å². The molecule has 0 aliphatic carbocycles. The zero-order valence-electron chi connectivity index (χ0n) is 13.3. The predicted octanol–water partition coefficient (Wildman–Crippen LogP) is 2.06. The normalized spacial score (nSPS) is 29.2. The van der Waals surface area contributed by atoms with Gasteiger partial charge in [0.25, 0.3) is 0 Å². The maximum absolute atomic E-state index is 7.61. The van der Waals surface area contributed by atoms with Gasteiger partial charge in [-0.1, -0.05) is 6.85 Å². The first-order chi connectivity index (χ1) is 7.84. The van der Waals surface area contributed by atoms with Gasteiger partial charge in [-0.2, -0.15) is 0 Å². The summed E-state index contributed by atoms with van der Waals surface area (Å²) in [6, 6.07) is 0. The van der Waals surface area contributed by atoms with E-state index in [-0.39, 0.29) is 4.60 Å². The number of halogens is 1. The Morgan fingerprint density at radius 1 is 2.22 bits per heavy atom. The van der Waals surface area contributed by atoms with E-state index < -0.39 is 32.2 Å². The molecule has 50 valence electrons. The summed E-state index contributed by atoms with van der Waals surface area (Å²) in [7, 11) is 0. The fraction of sp³-hybridized carbons (Fsp3) is 0.500. The Morgan fingerprint density at radius 3 is 3.67 bits per heavy atom. The maximum Gasteiger partial charge on any atom is 0.124 e. The maximum atomic E-state index is 7.61. The zero-order valence-corrected chi connectivity index (χ0v) is 5.86. The molecule has 0 aliphatic heterocycles. The Bertz CT molecular complexity index is 462. The second-order valence-electron chi connectivity index (χ2n) is 1.19. The monoisotopic (exact) mass is 197 g/mol. The van der Waals surface area contributed by atoms with Crippen LogP contribution in [0.5, 0.6) is 0 Å². The van der Waals surface area contributed by atoms with Crippen LogP contribution in [0.2, 0.25) is 0 Å². The van der Waals surface area contributed by atoms with Crippen molar-refractivity contribution in [1.29, 1.82) is 0 Å². The molecule has 9 heavy (non-hydrogen) atoms. The molecule has 1 heterocycles. The van der Waals surface area contributed by atoms with Crippen LogP contribution in [0.25, 0.3) is 0 Å². The number of hydrogen-bond donors (Lipinski definition) is 0. The van der Waals surface area contributed by atoms with Crippen LogP contribution in [0.1, 0.15) is 25.6 Å². The van der Waals surface area contributed by atoms with Crippen LogP contribution in [-0.4, -0.2) is 9.55 Å². The number of rotatable bonds is 2. The molecule has 1 aromatic rings. The van der Waals surface area contributed by atoms with Gasteiger partial charge in [-0.25, -0.2) is 4.98 Å². The molecule has 0 saturated carbocycles. The SMILES string of the molecule is [2H]c1nc(Br)c([2H])n1C([2H])([2H])C([2H])([2H])C([2H])([2H])[2H]. The molecule has 1 rings (SSSR count). The lowest BCUT2D eigenvalue weighted by Gasteiger charge is -1.93. The van der Waals surface area contributed by atoms with E-state index in [0.29, 0.717) is 4.57 Å². The van der Waals surface area contributed by atoms with Gasteiger partial charge in [0.05, 0.1) is 7.67 Å². The van der Waals surface area contributed by atoms with Gasteiger partial charge in [0.2, 0.25) is 0 Å². The molecule has 0 bridgehead atoms. The number of imidazole rings is 1. The third kappa shape index (κ3) is 1.82. The number of hydrogen-bond acceptors (Lipinski definition) is 1. The first-order valence-electron chi connectivity index (χ1n) is 6.56. The minimum Gasteiger partial charge on any atom is -0.336 e. The van der Waals surface area contributed by atoms with Crippen LogP contribution in [0.3, 0.4) is 0 Å². The Hall–Kier alpha value is -0.310. The average Bonchev–Trinajstić information content (AvgIpc) is 2.38. The van der Waals surface area contributed by atoms with Crippen LogP contribution >= 0.6 is 15.9 Å². The molecule has 0 aliphatic rings. The van der Waals surface area contributed by atoms with E-state index in [2.05, 4.69) is 20.9 Å². The molecule has 0 N–H and O–H groups in total. The van der Waals surface area contributed by atoms with Gasteiger partial charge in [-0.15, -0.1) is 0 Å². The van der Waals surface area contributed by atoms with Crippen molar-refractivity contribution in [3.8, 4) is 0 Å². The highest BCUT2D eigenvalue weighted by Gasteiger charge is 1.90. The standard InChI is InChI=1S/C6H9BrN2/c1-2-3-9-4-6(7)8-5-9/h4-5H,2-3H2,1H3/i1D3,2D2,3D2,4D,5D. The van der Waals surface area contributed by atoms with Gasteiger partial charge in [0.1, 0.15) is 5.97 Å². The zero-order chi connectivity index (χ0) is 14.5. The van der Waals surface area contributed by atoms with Crippen molar-refractivity contribution in [1.82, 2.24) is 9.55 Å². The van der Waals surface area contributed by atoms with Gasteiger partial charge in [0.15, 0.2) is 0 Å². The van der Waals surface area contributed by atoms with Gasteiger partial charge < -0.3 is 4.57 Å². The van der Waals surface area contributed by atoms with Crippen molar-refractivity contribution in [2.75, 3.05) is 0 Å². The van der Waals surface area contributed by atoms with E-state index in [1.807, 2.05) is 0 Å². The Labute approximate surface area is 75.7 Å². The van der Waals surface area contributed by atoms with E-state index >= 15 is 0 Å². The summed E-state index contributed by atoms with van der Waals surface area (Å²) in [6.07, 6.45) is -4.60. The number of aromatic nitrogens is 2. The van der Waals surface area contributed by atoms with Crippen LogP contribution in [0.15, 0.2) is 17.1 Å². The van der Waals surface area contributed by atoms with Crippen LogP contribution in [0, 0.1) is 0 Å². The van der Waals surface area contributed by atoms with Crippen LogP contribution < -0.4 is 0 Å². The van der Waals surface area contributed by atoms with Gasteiger partial charge in [-0.05, 0) is 22.3 Å². The molecule has 3 heteroatoms. The Kier molecular flexibility index (Phi) is 0.550. The first kappa shape index (κ1) is 1.64. The Morgan fingerprint density at radius 2 is 3.11 bits per heavy atom. The fourth-order valence-corrected chi connectivity index (χ4v) is 0.602. The first-order valence-corrected chi connectivity index (χ1v) is 2.85. The molecule has 0 amide bonds. The molecule has 0 unspecified atom stereocenters. The van der Waals surface area contributed by atoms with E-state index in [4.69, 9.17) is 12.3 Å². The molecule has 2 nitrogen and oxygen atoms in total. The lowest BCUT2D eigenvalue weighted by molar-refractivity contribution is 0.678. The Balaban J connectivity index is 3.47. The van der Waals surface area contributed by atoms with Crippen molar-refractivity contribution < 1.29 is 12.3 Å². The molecular weight excluding hydrogens is 180 g/mol. The molecule has 0 atom stereocenters. The second-order valence-corrected chi connectivity index (χ2v) is 1.94. The van der Waals surface area contributed by atoms with Crippen LogP contribution in [-0.2, 0) is 6.50 Å². The van der Waals surface area contributed by atoms with E-state index in [0.717, 1.165) is 0 Å². The molecule has 0 aromatic carbocycles. The minimum atomic E-state index is -3.27. The highest BCUT2D eigenvalue weighted by molar-refractivity contribution is 9.10. The average molecular weight is 198 g/mol. The predicted molar refractivity (Wildman–Crippen MR) is 40.2 cm³/mol. The van der Waals surface area contributed by atoms with Crippen molar-refractivity contribution in [2.45, 2.75) is 19.7 Å². The van der Waals surface area contributed by atoms with Crippen molar-refractivity contribution in [2.24, 2.45) is 0 Å². The van der Waals surface area contributed by atoms with E-state index in [9.17, 15) is 0 Å². The third-order valence-electron chi connectivity index (χ3n) is 0.620. The topological polar surface area (TPSA) is 17.8 Å². The van der Waals surface area contributed by atoms with Crippen molar-refractivity contribution in [3.05, 3.63) is 17.1 Å². The molecule has 0 fully saturated rings. The summed E-state index contributed by atoms with van der Waals surface area (Å²) in [5.74, 6) is 0. The summed E-state index contributed by atoms with van der Waals surface area (Å²) >= 11 is 2.81. The summed E-state index contributed by atoms with van der Waals surface area (Å²) < 4.78 is 66.2. The number of nitrogens with zero attached hydrogens (tertiary/aromatic N) is 2. The molecule has 0 saturated heterocycles. The lowest BCUT2D eigenvalue weighted by Crippen LogP contribution is -1.90. The highest BCUT2D eigenvalue weighted by atomic mass is 79.9. The largest absolute Gasteiger partial charge is 0.336 e. The quantitative estimate of drug-likeness (QED) is 0.711. The summed E-state index contributed by atoms with van der Waals surface area (Å²) in [4.78, 5) is 3.44. The second kappa shape index (κ2) is 3.01. The third-order valence-corrected chi connectivity index (χ3v) is 0.975. The minimum absolute atomic E-state index is 0.155. The van der Waals surface area contributed by atoms with Crippen molar-refractivity contribution >= 4 is 15.9 Å². The van der Waals surface area contributed by atoms with Gasteiger partial charge in [0, 0.05) is 22.3 Å². The molecular formula is C6H9BrN2. The molecule has 0 spiro atoms. The smallest absolute Gasteiger partial charge is 0.124 e. The summed E-state index contributed by atoms with van der Waals surface area (Å²) in [5.41, 5.74) is 0. The molecule has 1 aromatic heterocycles. The molecule has 0 radical (unpaired) electrons.